The third-order valence-corrected chi connectivity index (χ3v) is 6.56. The number of aryl methyl sites for hydroxylation is 1. The van der Waals surface area contributed by atoms with Gasteiger partial charge < -0.3 is 14.7 Å². The summed E-state index contributed by atoms with van der Waals surface area (Å²) in [7, 11) is 0. The van der Waals surface area contributed by atoms with Gasteiger partial charge in [0, 0.05) is 29.4 Å². The zero-order chi connectivity index (χ0) is 23.4. The Kier molecular flexibility index (Phi) is 6.89. The number of ketones is 1. The Hall–Kier alpha value is -3.45. The molecule has 3 heterocycles. The van der Waals surface area contributed by atoms with Crippen LogP contribution in [0.4, 0.5) is 0 Å². The highest BCUT2D eigenvalue weighted by atomic mass is 32.1. The van der Waals surface area contributed by atoms with Crippen LogP contribution in [0.15, 0.2) is 65.8 Å². The minimum Gasteiger partial charge on any atom is -0.507 e. The quantitative estimate of drug-likeness (QED) is 0.214. The van der Waals surface area contributed by atoms with Crippen LogP contribution in [0, 0.1) is 6.92 Å². The number of benzene rings is 1. The molecule has 1 aliphatic rings. The molecule has 1 atom stereocenters. The first-order valence-electron chi connectivity index (χ1n) is 11.0. The molecule has 1 amide bonds. The van der Waals surface area contributed by atoms with E-state index in [0.717, 1.165) is 34.6 Å². The van der Waals surface area contributed by atoms with E-state index in [4.69, 9.17) is 4.74 Å². The average molecular weight is 463 g/mol. The van der Waals surface area contributed by atoms with Crippen molar-refractivity contribution in [1.82, 2.24) is 9.88 Å². The first-order valence-corrected chi connectivity index (χ1v) is 11.8. The van der Waals surface area contributed by atoms with E-state index in [2.05, 4.69) is 11.9 Å². The number of amides is 1. The average Bonchev–Trinajstić information content (AvgIpc) is 3.43. The van der Waals surface area contributed by atoms with E-state index >= 15 is 0 Å². The number of likely N-dealkylation sites (tertiary alicyclic amines) is 1. The minimum atomic E-state index is -0.685. The van der Waals surface area contributed by atoms with Gasteiger partial charge in [-0.2, -0.15) is 0 Å². The molecule has 0 spiro atoms. The lowest BCUT2D eigenvalue weighted by atomic mass is 9.98. The van der Waals surface area contributed by atoms with Crippen molar-refractivity contribution in [2.45, 2.75) is 39.3 Å². The third kappa shape index (κ3) is 4.68. The summed E-state index contributed by atoms with van der Waals surface area (Å²) >= 11 is 1.44. The fraction of sp³-hybridized carbons (Fsp3) is 0.269. The van der Waals surface area contributed by atoms with Crippen LogP contribution in [0.2, 0.25) is 0 Å². The normalized spacial score (nSPS) is 17.5. The van der Waals surface area contributed by atoms with Crippen LogP contribution in [0.5, 0.6) is 5.75 Å². The summed E-state index contributed by atoms with van der Waals surface area (Å²) < 4.78 is 5.81. The largest absolute Gasteiger partial charge is 0.507 e. The van der Waals surface area contributed by atoms with Crippen molar-refractivity contribution in [3.63, 3.8) is 0 Å². The lowest BCUT2D eigenvalue weighted by molar-refractivity contribution is -0.140. The van der Waals surface area contributed by atoms with Gasteiger partial charge in [0.15, 0.2) is 0 Å². The van der Waals surface area contributed by atoms with Crippen LogP contribution in [0.3, 0.4) is 0 Å². The Balaban J connectivity index is 1.73. The number of carbonyl (C=O) groups is 2. The molecular formula is C26H26N2O4S. The highest BCUT2D eigenvalue weighted by Gasteiger charge is 2.46. The first kappa shape index (κ1) is 22.7. The van der Waals surface area contributed by atoms with Crippen LogP contribution in [0.1, 0.15) is 47.4 Å². The molecular weight excluding hydrogens is 436 g/mol. The van der Waals surface area contributed by atoms with Gasteiger partial charge in [-0.3, -0.25) is 14.6 Å². The molecule has 0 saturated carbocycles. The molecule has 0 unspecified atom stereocenters. The van der Waals surface area contributed by atoms with Crippen LogP contribution >= 0.6 is 11.3 Å². The fourth-order valence-corrected chi connectivity index (χ4v) is 4.76. The third-order valence-electron chi connectivity index (χ3n) is 5.63. The number of hydrogen-bond acceptors (Lipinski definition) is 6. The summed E-state index contributed by atoms with van der Waals surface area (Å²) in [6, 6.07) is 12.0. The van der Waals surface area contributed by atoms with E-state index in [9.17, 15) is 14.7 Å². The van der Waals surface area contributed by atoms with Gasteiger partial charge in [-0.05, 0) is 60.2 Å². The van der Waals surface area contributed by atoms with Crippen LogP contribution in [-0.4, -0.2) is 33.3 Å². The number of ether oxygens (including phenoxy) is 1. The summed E-state index contributed by atoms with van der Waals surface area (Å²) in [4.78, 5) is 32.6. The summed E-state index contributed by atoms with van der Waals surface area (Å²) in [5.74, 6) is -0.749. The van der Waals surface area contributed by atoms with E-state index < -0.39 is 17.7 Å². The Morgan fingerprint density at radius 3 is 2.73 bits per heavy atom. The molecule has 3 aromatic rings. The van der Waals surface area contributed by atoms with Crippen LogP contribution < -0.4 is 4.74 Å². The number of nitrogens with zero attached hydrogens (tertiary/aromatic N) is 2. The van der Waals surface area contributed by atoms with Gasteiger partial charge in [0.05, 0.1) is 18.2 Å². The predicted octanol–water partition coefficient (Wildman–Crippen LogP) is 5.25. The number of pyridine rings is 1. The van der Waals surface area contributed by atoms with Crippen molar-refractivity contribution in [3.05, 3.63) is 87.4 Å². The maximum atomic E-state index is 13.1. The molecule has 0 aliphatic carbocycles. The van der Waals surface area contributed by atoms with E-state index in [0.29, 0.717) is 12.2 Å². The maximum Gasteiger partial charge on any atom is 0.295 e. The van der Waals surface area contributed by atoms with Crippen molar-refractivity contribution in [2.24, 2.45) is 0 Å². The number of aliphatic hydroxyl groups excluding tert-OH is 1. The summed E-state index contributed by atoms with van der Waals surface area (Å²) in [6.45, 7) is 4.85. The predicted molar refractivity (Wildman–Crippen MR) is 128 cm³/mol. The fourth-order valence-electron chi connectivity index (χ4n) is 3.91. The van der Waals surface area contributed by atoms with Gasteiger partial charge in [0.25, 0.3) is 11.7 Å². The van der Waals surface area contributed by atoms with Crippen LogP contribution in [-0.2, 0) is 16.1 Å². The number of Topliss-reactive ketones (excluding diaryl/α,β-unsaturated/α-hetero) is 1. The topological polar surface area (TPSA) is 79.7 Å². The second-order valence-corrected chi connectivity index (χ2v) is 8.97. The molecule has 1 saturated heterocycles. The maximum absolute atomic E-state index is 13.1. The van der Waals surface area contributed by atoms with Crippen molar-refractivity contribution in [1.29, 1.82) is 0 Å². The standard InChI is InChI=1S/C26H26N2O4S/c1-3-4-12-32-20-10-9-19(14-17(20)2)24(29)22-23(21-8-6-13-33-21)28(26(31)25(22)30)16-18-7-5-11-27-15-18/h5-11,13-15,23,29H,3-4,12,16H2,1-2H3/b24-22+/t23-/m1/s1. The summed E-state index contributed by atoms with van der Waals surface area (Å²) in [6.07, 6.45) is 5.33. The zero-order valence-corrected chi connectivity index (χ0v) is 19.5. The smallest absolute Gasteiger partial charge is 0.295 e. The Morgan fingerprint density at radius 2 is 2.06 bits per heavy atom. The van der Waals surface area contributed by atoms with Crippen molar-refractivity contribution in [2.75, 3.05) is 6.61 Å². The van der Waals surface area contributed by atoms with Crippen molar-refractivity contribution < 1.29 is 19.4 Å². The lowest BCUT2D eigenvalue weighted by Crippen LogP contribution is -2.28. The molecule has 2 aromatic heterocycles. The van der Waals surface area contributed by atoms with E-state index in [1.54, 1.807) is 36.7 Å². The number of carbonyl (C=O) groups excluding carboxylic acids is 2. The summed E-state index contributed by atoms with van der Waals surface area (Å²) in [5, 5.41) is 13.1. The number of rotatable bonds is 8. The van der Waals surface area contributed by atoms with Gasteiger partial charge in [-0.25, -0.2) is 0 Å². The minimum absolute atomic E-state index is 0.102. The first-order chi connectivity index (χ1) is 16.0. The Labute approximate surface area is 197 Å². The zero-order valence-electron chi connectivity index (χ0n) is 18.7. The van der Waals surface area contributed by atoms with Gasteiger partial charge in [0.1, 0.15) is 11.5 Å². The molecule has 4 rings (SSSR count). The second-order valence-electron chi connectivity index (χ2n) is 7.99. The molecule has 170 valence electrons. The van der Waals surface area contributed by atoms with E-state index in [1.165, 1.54) is 16.2 Å². The molecule has 33 heavy (non-hydrogen) atoms. The SMILES string of the molecule is CCCCOc1ccc(/C(O)=C2\C(=O)C(=O)N(Cc3cccnc3)[C@@H]2c2cccs2)cc1C. The molecule has 1 aromatic carbocycles. The molecule has 0 radical (unpaired) electrons. The Morgan fingerprint density at radius 1 is 1.21 bits per heavy atom. The molecule has 1 fully saturated rings. The second kappa shape index (κ2) is 10.0. The van der Waals surface area contributed by atoms with Crippen LogP contribution in [0.25, 0.3) is 5.76 Å². The number of hydrogen-bond donors (Lipinski definition) is 1. The molecule has 7 heteroatoms. The number of aliphatic hydroxyl groups is 1. The highest BCUT2D eigenvalue weighted by molar-refractivity contribution is 7.10. The molecule has 1 N–H and O–H groups in total. The monoisotopic (exact) mass is 462 g/mol. The molecule has 0 bridgehead atoms. The lowest BCUT2D eigenvalue weighted by Gasteiger charge is -2.24. The van der Waals surface area contributed by atoms with Crippen molar-refractivity contribution in [3.8, 4) is 5.75 Å². The number of unbranched alkanes of at least 4 members (excludes halogenated alkanes) is 1. The molecule has 1 aliphatic heterocycles. The van der Waals surface area contributed by atoms with Crippen molar-refractivity contribution >= 4 is 28.8 Å². The molecule has 6 nitrogen and oxygen atoms in total. The highest BCUT2D eigenvalue weighted by Crippen LogP contribution is 2.42. The van der Waals surface area contributed by atoms with Gasteiger partial charge >= 0.3 is 0 Å². The van der Waals surface area contributed by atoms with Gasteiger partial charge in [-0.1, -0.05) is 25.5 Å². The Bertz CT molecular complexity index is 1170. The van der Waals surface area contributed by atoms with Gasteiger partial charge in [0.2, 0.25) is 0 Å². The summed E-state index contributed by atoms with van der Waals surface area (Å²) in [5.41, 5.74) is 2.25. The number of thiophene rings is 1. The van der Waals surface area contributed by atoms with Gasteiger partial charge in [-0.15, -0.1) is 11.3 Å². The number of aromatic nitrogens is 1. The van der Waals surface area contributed by atoms with E-state index in [1.807, 2.05) is 30.5 Å². The van der Waals surface area contributed by atoms with E-state index in [-0.39, 0.29) is 17.9 Å².